The molecule has 0 saturated carbocycles. The van der Waals surface area contributed by atoms with Crippen LogP contribution in [-0.4, -0.2) is 60.2 Å². The van der Waals surface area contributed by atoms with E-state index in [0.717, 1.165) is 8.95 Å². The van der Waals surface area contributed by atoms with Gasteiger partial charge in [0.2, 0.25) is 11.9 Å². The number of rotatable bonds is 10. The number of nitrogens with zero attached hydrogens (tertiary/aromatic N) is 6. The van der Waals surface area contributed by atoms with Crippen LogP contribution in [0.2, 0.25) is 0 Å². The first-order valence-corrected chi connectivity index (χ1v) is 20.9. The number of aryl methyl sites for hydroxylation is 4. The number of hydrogen-bond acceptors (Lipinski definition) is 12. The van der Waals surface area contributed by atoms with Gasteiger partial charge in [-0.2, -0.15) is 0 Å². The second-order valence-electron chi connectivity index (χ2n) is 12.0. The number of sulfonamides is 2. The zero-order valence-electron chi connectivity index (χ0n) is 31.8. The summed E-state index contributed by atoms with van der Waals surface area (Å²) in [6.07, 6.45) is 2.89. The second-order valence-corrected chi connectivity index (χ2v) is 17.2. The number of halogens is 2. The van der Waals surface area contributed by atoms with Crippen LogP contribution in [0.3, 0.4) is 0 Å². The first-order chi connectivity index (χ1) is 26.5. The molecule has 304 valence electrons. The molecule has 0 aliphatic rings. The minimum absolute atomic E-state index is 0. The van der Waals surface area contributed by atoms with Gasteiger partial charge in [0.05, 0.1) is 21.2 Å². The Labute approximate surface area is 370 Å². The van der Waals surface area contributed by atoms with Crippen molar-refractivity contribution in [3.63, 3.8) is 0 Å². The van der Waals surface area contributed by atoms with Crippen molar-refractivity contribution in [3.05, 3.63) is 140 Å². The van der Waals surface area contributed by atoms with Crippen molar-refractivity contribution in [2.24, 2.45) is 9.98 Å². The van der Waals surface area contributed by atoms with Gasteiger partial charge in [-0.3, -0.25) is 9.98 Å². The van der Waals surface area contributed by atoms with E-state index in [-0.39, 0.29) is 63.6 Å². The van der Waals surface area contributed by atoms with Crippen LogP contribution in [-0.2, 0) is 39.5 Å². The molecule has 6 rings (SSSR count). The number of hydrogen-bond donors (Lipinski definition) is 2. The molecule has 0 aliphatic carbocycles. The third kappa shape index (κ3) is 14.6. The molecule has 6 N–H and O–H groups in total. The standard InChI is InChI=1S/2C19H17BrN4O3S.2H2O.Zn/c2*1-12-9-13(2)23-19(22-12)24-28(26,27)17-6-4-16(5-7-17)21-11-14-10-15(20)3-8-18(14)25;;;/h2*3-11,25H,1-2H3,(H,22,23,24);2*1H2;/q;;;;+2/p-2. The molecule has 6 aromatic rings. The van der Waals surface area contributed by atoms with Crippen LogP contribution in [0.4, 0.5) is 23.3 Å². The molecule has 0 saturated heterocycles. The number of nitrogens with one attached hydrogen (secondary N) is 2. The fraction of sp³-hybridized carbons (Fsp3) is 0.105. The van der Waals surface area contributed by atoms with E-state index in [1.807, 2.05) is 0 Å². The van der Waals surface area contributed by atoms with Gasteiger partial charge in [0.25, 0.3) is 20.0 Å². The minimum Gasteiger partial charge on any atom is -0.872 e. The Kier molecular flexibility index (Phi) is 18.5. The molecule has 2 aromatic heterocycles. The first-order valence-electron chi connectivity index (χ1n) is 16.4. The third-order valence-electron chi connectivity index (χ3n) is 7.36. The summed E-state index contributed by atoms with van der Waals surface area (Å²) in [6.45, 7) is 7.05. The molecule has 4 aromatic carbocycles. The van der Waals surface area contributed by atoms with Crippen LogP contribution in [0.15, 0.2) is 126 Å². The SMILES string of the molecule is Cc1cc(C)nc(NS(=O)(=O)c2ccc(N=Cc3cc(Br)ccc3[O-])cc2)n1.Cc1cc(C)nc(NS(=O)(=O)c2ccc(N=Cc3cc(Br)ccc3[O-])cc2)n1.O.O.[Zn+2]. The maximum absolute atomic E-state index is 12.5. The third-order valence-corrected chi connectivity index (χ3v) is 11.0. The van der Waals surface area contributed by atoms with E-state index in [0.29, 0.717) is 45.3 Å². The van der Waals surface area contributed by atoms with Crippen molar-refractivity contribution < 1.29 is 57.5 Å². The molecule has 0 aliphatic heterocycles. The van der Waals surface area contributed by atoms with Crippen molar-refractivity contribution >= 4 is 87.6 Å². The molecular formula is C38H36Br2N8O8S2Zn. The Bertz CT molecular complexity index is 2450. The molecule has 0 bridgehead atoms. The van der Waals surface area contributed by atoms with E-state index in [2.05, 4.69) is 71.2 Å². The summed E-state index contributed by atoms with van der Waals surface area (Å²) >= 11 is 6.61. The molecule has 0 radical (unpaired) electrons. The predicted molar refractivity (Wildman–Crippen MR) is 226 cm³/mol. The van der Waals surface area contributed by atoms with Gasteiger partial charge in [-0.1, -0.05) is 55.5 Å². The fourth-order valence-corrected chi connectivity index (χ4v) is 7.50. The van der Waals surface area contributed by atoms with E-state index < -0.39 is 20.0 Å². The van der Waals surface area contributed by atoms with Crippen molar-refractivity contribution in [3.8, 4) is 11.5 Å². The average Bonchev–Trinajstić information content (AvgIpc) is 3.12. The Morgan fingerprint density at radius 3 is 1.14 bits per heavy atom. The van der Waals surface area contributed by atoms with Gasteiger partial charge in [-0.15, -0.1) is 0 Å². The minimum atomic E-state index is -3.83. The molecule has 59 heavy (non-hydrogen) atoms. The maximum Gasteiger partial charge on any atom is 2.00 e. The van der Waals surface area contributed by atoms with E-state index in [1.165, 1.54) is 48.8 Å². The summed E-state index contributed by atoms with van der Waals surface area (Å²) in [5.74, 6) is -0.248. The number of benzene rings is 4. The molecule has 21 heteroatoms. The van der Waals surface area contributed by atoms with Gasteiger partial charge >= 0.3 is 19.5 Å². The van der Waals surface area contributed by atoms with E-state index in [1.54, 1.807) is 88.4 Å². The Balaban J connectivity index is 0.000000387. The number of anilines is 2. The molecule has 2 heterocycles. The van der Waals surface area contributed by atoms with Crippen LogP contribution in [0.25, 0.3) is 0 Å². The molecule has 0 unspecified atom stereocenters. The second kappa shape index (κ2) is 21.8. The molecular weight excluding hydrogens is 986 g/mol. The number of aromatic nitrogens is 4. The van der Waals surface area contributed by atoms with E-state index >= 15 is 0 Å². The monoisotopic (exact) mass is 1020 g/mol. The van der Waals surface area contributed by atoms with Gasteiger partial charge < -0.3 is 21.2 Å². The van der Waals surface area contributed by atoms with Gasteiger partial charge in [0.1, 0.15) is 0 Å². The summed E-state index contributed by atoms with van der Waals surface area (Å²) in [4.78, 5) is 24.9. The van der Waals surface area contributed by atoms with Gasteiger partial charge in [-0.25, -0.2) is 46.2 Å². The smallest absolute Gasteiger partial charge is 0.872 e. The Morgan fingerprint density at radius 1 is 0.525 bits per heavy atom. The average molecular weight is 1020 g/mol. The summed E-state index contributed by atoms with van der Waals surface area (Å²) in [5, 5.41) is 23.6. The molecule has 16 nitrogen and oxygen atoms in total. The topological polar surface area (TPSA) is 278 Å². The largest absolute Gasteiger partial charge is 2.00 e. The molecule has 0 spiro atoms. The normalized spacial score (nSPS) is 11.1. The van der Waals surface area contributed by atoms with Crippen LogP contribution >= 0.6 is 31.9 Å². The van der Waals surface area contributed by atoms with Crippen molar-refractivity contribution in [1.82, 2.24) is 19.9 Å². The van der Waals surface area contributed by atoms with Crippen LogP contribution < -0.4 is 19.7 Å². The summed E-state index contributed by atoms with van der Waals surface area (Å²) in [5.41, 5.74) is 4.56. The van der Waals surface area contributed by atoms with Crippen molar-refractivity contribution in [2.75, 3.05) is 9.44 Å². The predicted octanol–water partition coefficient (Wildman–Crippen LogP) is 5.31. The quantitative estimate of drug-likeness (QED) is 0.132. The van der Waals surface area contributed by atoms with Crippen LogP contribution in [0, 0.1) is 27.7 Å². The molecule has 0 atom stereocenters. The van der Waals surface area contributed by atoms with E-state index in [4.69, 9.17) is 0 Å². The van der Waals surface area contributed by atoms with Crippen molar-refractivity contribution in [2.45, 2.75) is 37.5 Å². The number of aliphatic imine (C=N–C) groups is 2. The Hall–Kier alpha value is -5.02. The maximum atomic E-state index is 12.5. The molecule has 0 amide bonds. The van der Waals surface area contributed by atoms with Crippen LogP contribution in [0.1, 0.15) is 33.9 Å². The van der Waals surface area contributed by atoms with Gasteiger partial charge in [0, 0.05) is 44.2 Å². The summed E-state index contributed by atoms with van der Waals surface area (Å²) < 4.78 is 56.4. The van der Waals surface area contributed by atoms with Crippen LogP contribution in [0.5, 0.6) is 11.5 Å². The fourth-order valence-electron chi connectivity index (χ4n) is 4.85. The summed E-state index contributed by atoms with van der Waals surface area (Å²) in [7, 11) is -7.65. The van der Waals surface area contributed by atoms with Gasteiger partial charge in [0.15, 0.2) is 0 Å². The van der Waals surface area contributed by atoms with Crippen molar-refractivity contribution in [1.29, 1.82) is 0 Å². The zero-order valence-corrected chi connectivity index (χ0v) is 39.6. The first kappa shape index (κ1) is 50.1. The van der Waals surface area contributed by atoms with Gasteiger partial charge in [-0.05, 0) is 124 Å². The zero-order chi connectivity index (χ0) is 40.6. The Morgan fingerprint density at radius 2 is 0.831 bits per heavy atom. The molecule has 0 fully saturated rings. The van der Waals surface area contributed by atoms with E-state index in [9.17, 15) is 27.0 Å². The summed E-state index contributed by atoms with van der Waals surface area (Å²) in [6, 6.07) is 25.0.